The van der Waals surface area contributed by atoms with Gasteiger partial charge in [0.25, 0.3) is 11.8 Å². The van der Waals surface area contributed by atoms with Gasteiger partial charge in [0.05, 0.1) is 6.26 Å². The van der Waals surface area contributed by atoms with Crippen molar-refractivity contribution in [3.63, 3.8) is 0 Å². The van der Waals surface area contributed by atoms with E-state index in [1.165, 1.54) is 6.26 Å². The number of hydrogen-bond donors (Lipinski definition) is 2. The molecule has 6 heteroatoms. The molecule has 1 aromatic heterocycles. The Hall–Kier alpha value is -2.60. The van der Waals surface area contributed by atoms with Crippen LogP contribution in [0.4, 0.5) is 11.4 Å². The number of anilines is 2. The number of amides is 2. The fourth-order valence-corrected chi connectivity index (χ4v) is 2.08. The second-order valence-electron chi connectivity index (χ2n) is 4.85. The Bertz CT molecular complexity index is 652. The van der Waals surface area contributed by atoms with E-state index in [1.54, 1.807) is 36.4 Å². The first-order valence-electron chi connectivity index (χ1n) is 7.51. The van der Waals surface area contributed by atoms with Crippen molar-refractivity contribution in [2.24, 2.45) is 0 Å². The monoisotopic (exact) mass is 316 g/mol. The molecule has 0 spiro atoms. The number of benzene rings is 1. The summed E-state index contributed by atoms with van der Waals surface area (Å²) >= 11 is 0. The largest absolute Gasteiger partial charge is 0.459 e. The molecule has 0 radical (unpaired) electrons. The van der Waals surface area contributed by atoms with E-state index in [1.807, 2.05) is 13.8 Å². The zero-order valence-corrected chi connectivity index (χ0v) is 13.2. The molecule has 6 nitrogen and oxygen atoms in total. The van der Waals surface area contributed by atoms with Crippen molar-refractivity contribution in [1.82, 2.24) is 0 Å². The standard InChI is InChI=1S/C17H20N2O4/c1-3-14(22-4-2)16(20)18-12-7-5-8-13(11-12)19-17(21)15-9-6-10-23-15/h5-11,14H,3-4H2,1-2H3,(H,18,20)(H,19,21)/t14-/m1/s1. The number of hydrogen-bond acceptors (Lipinski definition) is 4. The van der Waals surface area contributed by atoms with E-state index in [4.69, 9.17) is 9.15 Å². The van der Waals surface area contributed by atoms with Crippen LogP contribution in [0.1, 0.15) is 30.8 Å². The van der Waals surface area contributed by atoms with E-state index < -0.39 is 6.10 Å². The number of rotatable bonds is 7. The van der Waals surface area contributed by atoms with Gasteiger partial charge in [-0.3, -0.25) is 9.59 Å². The van der Waals surface area contributed by atoms with Gasteiger partial charge in [0.1, 0.15) is 6.10 Å². The Morgan fingerprint density at radius 1 is 1.13 bits per heavy atom. The molecule has 0 aliphatic heterocycles. The maximum absolute atomic E-state index is 12.1. The van der Waals surface area contributed by atoms with Gasteiger partial charge in [0, 0.05) is 18.0 Å². The van der Waals surface area contributed by atoms with Gasteiger partial charge in [-0.05, 0) is 43.7 Å². The topological polar surface area (TPSA) is 80.6 Å². The van der Waals surface area contributed by atoms with Crippen molar-refractivity contribution in [1.29, 1.82) is 0 Å². The third kappa shape index (κ3) is 4.69. The Balaban J connectivity index is 2.02. The number of nitrogens with one attached hydrogen (secondary N) is 2. The molecule has 23 heavy (non-hydrogen) atoms. The predicted octanol–water partition coefficient (Wildman–Crippen LogP) is 3.29. The van der Waals surface area contributed by atoms with E-state index in [9.17, 15) is 9.59 Å². The fourth-order valence-electron chi connectivity index (χ4n) is 2.08. The van der Waals surface area contributed by atoms with Gasteiger partial charge in [-0.25, -0.2) is 0 Å². The highest BCUT2D eigenvalue weighted by atomic mass is 16.5. The second-order valence-corrected chi connectivity index (χ2v) is 4.85. The van der Waals surface area contributed by atoms with Crippen molar-refractivity contribution < 1.29 is 18.7 Å². The van der Waals surface area contributed by atoms with Crippen LogP contribution in [0, 0.1) is 0 Å². The molecule has 2 amide bonds. The molecule has 1 aromatic carbocycles. The lowest BCUT2D eigenvalue weighted by Crippen LogP contribution is -2.29. The lowest BCUT2D eigenvalue weighted by Gasteiger charge is -2.15. The van der Waals surface area contributed by atoms with Crippen LogP contribution >= 0.6 is 0 Å². The van der Waals surface area contributed by atoms with Crippen LogP contribution < -0.4 is 10.6 Å². The van der Waals surface area contributed by atoms with Crippen molar-refractivity contribution >= 4 is 23.2 Å². The summed E-state index contributed by atoms with van der Waals surface area (Å²) in [7, 11) is 0. The van der Waals surface area contributed by atoms with Crippen LogP contribution in [-0.2, 0) is 9.53 Å². The van der Waals surface area contributed by atoms with Crippen LogP contribution in [0.15, 0.2) is 47.1 Å². The first-order chi connectivity index (χ1) is 11.1. The number of ether oxygens (including phenoxy) is 1. The second kappa shape index (κ2) is 8.14. The Morgan fingerprint density at radius 3 is 2.48 bits per heavy atom. The molecule has 0 unspecified atom stereocenters. The minimum absolute atomic E-state index is 0.205. The molecular weight excluding hydrogens is 296 g/mol. The Morgan fingerprint density at radius 2 is 1.87 bits per heavy atom. The van der Waals surface area contributed by atoms with Crippen LogP contribution in [-0.4, -0.2) is 24.5 Å². The van der Waals surface area contributed by atoms with Crippen LogP contribution in [0.3, 0.4) is 0 Å². The molecule has 0 saturated heterocycles. The normalized spacial score (nSPS) is 11.7. The summed E-state index contributed by atoms with van der Waals surface area (Å²) in [6.07, 6.45) is 1.54. The zero-order valence-electron chi connectivity index (χ0n) is 13.2. The number of carbonyl (C=O) groups excluding carboxylic acids is 2. The van der Waals surface area contributed by atoms with Crippen molar-refractivity contribution in [3.05, 3.63) is 48.4 Å². The summed E-state index contributed by atoms with van der Waals surface area (Å²) < 4.78 is 10.4. The lowest BCUT2D eigenvalue weighted by molar-refractivity contribution is -0.127. The van der Waals surface area contributed by atoms with E-state index in [0.29, 0.717) is 24.4 Å². The summed E-state index contributed by atoms with van der Waals surface area (Å²) in [5.41, 5.74) is 1.15. The smallest absolute Gasteiger partial charge is 0.291 e. The van der Waals surface area contributed by atoms with Crippen molar-refractivity contribution in [2.45, 2.75) is 26.4 Å². The van der Waals surface area contributed by atoms with Gasteiger partial charge >= 0.3 is 0 Å². The Labute approximate surface area is 134 Å². The van der Waals surface area contributed by atoms with Gasteiger partial charge in [-0.15, -0.1) is 0 Å². The van der Waals surface area contributed by atoms with Gasteiger partial charge in [-0.2, -0.15) is 0 Å². The summed E-state index contributed by atoms with van der Waals surface area (Å²) in [6, 6.07) is 10.1. The third-order valence-electron chi connectivity index (χ3n) is 3.16. The maximum atomic E-state index is 12.1. The highest BCUT2D eigenvalue weighted by Gasteiger charge is 2.16. The van der Waals surface area contributed by atoms with Crippen LogP contribution in [0.2, 0.25) is 0 Å². The lowest BCUT2D eigenvalue weighted by atomic mass is 10.2. The number of carbonyl (C=O) groups is 2. The van der Waals surface area contributed by atoms with Gasteiger partial charge in [-0.1, -0.05) is 13.0 Å². The molecule has 0 fully saturated rings. The summed E-state index contributed by atoms with van der Waals surface area (Å²) in [6.45, 7) is 4.21. The molecule has 0 bridgehead atoms. The predicted molar refractivity (Wildman–Crippen MR) is 87.4 cm³/mol. The molecular formula is C17H20N2O4. The first kappa shape index (κ1) is 16.8. The molecule has 2 rings (SSSR count). The quantitative estimate of drug-likeness (QED) is 0.821. The minimum Gasteiger partial charge on any atom is -0.459 e. The SMILES string of the molecule is CCO[C@H](CC)C(=O)Nc1cccc(NC(=O)c2ccco2)c1. The van der Waals surface area contributed by atoms with E-state index in [0.717, 1.165) is 0 Å². The molecule has 0 aliphatic rings. The van der Waals surface area contributed by atoms with E-state index in [2.05, 4.69) is 10.6 Å². The van der Waals surface area contributed by atoms with Gasteiger partial charge in [0.2, 0.25) is 0 Å². The highest BCUT2D eigenvalue weighted by molar-refractivity contribution is 6.02. The molecule has 122 valence electrons. The fraction of sp³-hybridized carbons (Fsp3) is 0.294. The molecule has 2 aromatic rings. The molecule has 1 heterocycles. The van der Waals surface area contributed by atoms with Crippen LogP contribution in [0.25, 0.3) is 0 Å². The highest BCUT2D eigenvalue weighted by Crippen LogP contribution is 2.17. The van der Waals surface area contributed by atoms with E-state index >= 15 is 0 Å². The average Bonchev–Trinajstić information content (AvgIpc) is 3.07. The van der Waals surface area contributed by atoms with E-state index in [-0.39, 0.29) is 17.6 Å². The Kier molecular flexibility index (Phi) is 5.94. The van der Waals surface area contributed by atoms with Crippen molar-refractivity contribution in [2.75, 3.05) is 17.2 Å². The maximum Gasteiger partial charge on any atom is 0.291 e. The summed E-state index contributed by atoms with van der Waals surface area (Å²) in [5, 5.41) is 5.50. The van der Waals surface area contributed by atoms with Crippen molar-refractivity contribution in [3.8, 4) is 0 Å². The molecule has 0 aliphatic carbocycles. The first-order valence-corrected chi connectivity index (χ1v) is 7.51. The zero-order chi connectivity index (χ0) is 16.7. The summed E-state index contributed by atoms with van der Waals surface area (Å²) in [4.78, 5) is 24.1. The third-order valence-corrected chi connectivity index (χ3v) is 3.16. The van der Waals surface area contributed by atoms with Gasteiger partial charge < -0.3 is 19.8 Å². The molecule has 0 saturated carbocycles. The number of furan rings is 1. The van der Waals surface area contributed by atoms with Gasteiger partial charge in [0.15, 0.2) is 5.76 Å². The molecule has 2 N–H and O–H groups in total. The molecule has 1 atom stereocenters. The van der Waals surface area contributed by atoms with Crippen LogP contribution in [0.5, 0.6) is 0 Å². The average molecular weight is 316 g/mol. The minimum atomic E-state index is -0.485. The summed E-state index contributed by atoms with van der Waals surface area (Å²) in [5.74, 6) is -0.329.